The van der Waals surface area contributed by atoms with Gasteiger partial charge in [-0.15, -0.1) is 0 Å². The van der Waals surface area contributed by atoms with Gasteiger partial charge in [-0.05, 0) is 50.3 Å². The summed E-state index contributed by atoms with van der Waals surface area (Å²) in [6.45, 7) is 3.32. The fraction of sp³-hybridized carbons (Fsp3) is 0.476. The van der Waals surface area contributed by atoms with E-state index in [0.717, 1.165) is 44.4 Å². The molecular weight excluding hydrogens is 338 g/mol. The fourth-order valence-electron chi connectivity index (χ4n) is 2.82. The minimum absolute atomic E-state index is 0.727. The average Bonchev–Trinajstić information content (AvgIpc) is 3.05. The molecular formula is C21H33N5O. The molecule has 1 aromatic heterocycles. The van der Waals surface area contributed by atoms with Crippen molar-refractivity contribution in [2.24, 2.45) is 12.0 Å². The van der Waals surface area contributed by atoms with E-state index < -0.39 is 0 Å². The second-order valence-corrected chi connectivity index (χ2v) is 7.02. The van der Waals surface area contributed by atoms with Crippen LogP contribution in [-0.4, -0.2) is 61.7 Å². The molecule has 1 aromatic carbocycles. The Morgan fingerprint density at radius 2 is 1.89 bits per heavy atom. The van der Waals surface area contributed by atoms with E-state index in [2.05, 4.69) is 76.3 Å². The topological polar surface area (TPSA) is 45.0 Å². The Bertz CT molecular complexity index is 706. The molecule has 0 saturated heterocycles. The number of nitrogens with one attached hydrogen (secondary N) is 1. The van der Waals surface area contributed by atoms with Crippen molar-refractivity contribution in [3.8, 4) is 5.75 Å². The molecule has 0 fully saturated rings. The van der Waals surface area contributed by atoms with E-state index in [0.29, 0.717) is 0 Å². The van der Waals surface area contributed by atoms with Crippen molar-refractivity contribution < 1.29 is 4.74 Å². The molecule has 0 amide bonds. The maximum Gasteiger partial charge on any atom is 0.194 e. The van der Waals surface area contributed by atoms with Crippen LogP contribution in [0.1, 0.15) is 17.7 Å². The Morgan fingerprint density at radius 3 is 2.48 bits per heavy atom. The maximum absolute atomic E-state index is 5.78. The van der Waals surface area contributed by atoms with Crippen molar-refractivity contribution in [3.05, 3.63) is 53.9 Å². The summed E-state index contributed by atoms with van der Waals surface area (Å²) < 4.78 is 7.91. The van der Waals surface area contributed by atoms with E-state index >= 15 is 0 Å². The van der Waals surface area contributed by atoms with Crippen LogP contribution < -0.4 is 10.1 Å². The predicted octanol–water partition coefficient (Wildman–Crippen LogP) is 2.56. The maximum atomic E-state index is 5.78. The molecule has 0 spiro atoms. The molecule has 0 aliphatic heterocycles. The van der Waals surface area contributed by atoms with Gasteiger partial charge in [-0.3, -0.25) is 4.99 Å². The molecule has 0 bridgehead atoms. The molecule has 6 heteroatoms. The van der Waals surface area contributed by atoms with Gasteiger partial charge in [0.2, 0.25) is 0 Å². The van der Waals surface area contributed by atoms with E-state index in [-0.39, 0.29) is 0 Å². The van der Waals surface area contributed by atoms with Crippen LogP contribution >= 0.6 is 0 Å². The Hall–Kier alpha value is -2.47. The van der Waals surface area contributed by atoms with Crippen molar-refractivity contribution in [1.29, 1.82) is 0 Å². The first kappa shape index (κ1) is 20.8. The van der Waals surface area contributed by atoms with E-state index in [9.17, 15) is 0 Å². The van der Waals surface area contributed by atoms with Gasteiger partial charge in [0.15, 0.2) is 5.96 Å². The molecule has 0 atom stereocenters. The molecule has 2 rings (SSSR count). The number of hydrogen-bond donors (Lipinski definition) is 1. The molecule has 2 aromatic rings. The Morgan fingerprint density at radius 1 is 1.15 bits per heavy atom. The quantitative estimate of drug-likeness (QED) is 0.418. The molecule has 1 heterocycles. The van der Waals surface area contributed by atoms with E-state index in [1.54, 1.807) is 0 Å². The summed E-state index contributed by atoms with van der Waals surface area (Å²) in [5.41, 5.74) is 2.44. The predicted molar refractivity (Wildman–Crippen MR) is 112 cm³/mol. The molecule has 6 nitrogen and oxygen atoms in total. The van der Waals surface area contributed by atoms with E-state index in [1.165, 1.54) is 11.3 Å². The summed E-state index contributed by atoms with van der Waals surface area (Å²) in [5.74, 6) is 1.79. The molecule has 0 aliphatic rings. The third-order valence-electron chi connectivity index (χ3n) is 4.42. The third kappa shape index (κ3) is 6.98. The van der Waals surface area contributed by atoms with Crippen molar-refractivity contribution >= 4 is 5.96 Å². The average molecular weight is 372 g/mol. The summed E-state index contributed by atoms with van der Waals surface area (Å²) in [6, 6.07) is 12.4. The molecule has 27 heavy (non-hydrogen) atoms. The van der Waals surface area contributed by atoms with Crippen LogP contribution in [0, 0.1) is 0 Å². The highest BCUT2D eigenvalue weighted by Gasteiger charge is 2.08. The monoisotopic (exact) mass is 371 g/mol. The fourth-order valence-corrected chi connectivity index (χ4v) is 2.82. The lowest BCUT2D eigenvalue weighted by molar-refractivity contribution is 0.281. The standard InChI is InChI=1S/C21H33N5O/c1-22-21(26(5)17-19-8-6-14-25(19)4)23-16-18-9-11-20(12-10-18)27-15-7-13-24(2)3/h6,8-12,14H,7,13,15-17H2,1-5H3,(H,22,23). The van der Waals surface area contributed by atoms with Crippen molar-refractivity contribution in [2.75, 3.05) is 41.3 Å². The highest BCUT2D eigenvalue weighted by molar-refractivity contribution is 5.79. The van der Waals surface area contributed by atoms with Gasteiger partial charge in [0, 0.05) is 46.1 Å². The summed E-state index contributed by atoms with van der Waals surface area (Å²) in [4.78, 5) is 8.68. The smallest absolute Gasteiger partial charge is 0.194 e. The summed E-state index contributed by atoms with van der Waals surface area (Å²) in [7, 11) is 10.1. The number of aryl methyl sites for hydroxylation is 1. The Labute approximate surface area is 163 Å². The second kappa shape index (κ2) is 10.6. The first-order chi connectivity index (χ1) is 13.0. The molecule has 0 unspecified atom stereocenters. The zero-order valence-corrected chi connectivity index (χ0v) is 17.3. The lowest BCUT2D eigenvalue weighted by Crippen LogP contribution is -2.38. The summed E-state index contributed by atoms with van der Waals surface area (Å²) in [6.07, 6.45) is 3.09. The van der Waals surface area contributed by atoms with Crippen LogP contribution in [0.25, 0.3) is 0 Å². The van der Waals surface area contributed by atoms with Crippen LogP contribution in [0.4, 0.5) is 0 Å². The third-order valence-corrected chi connectivity index (χ3v) is 4.42. The van der Waals surface area contributed by atoms with Crippen LogP contribution in [0.3, 0.4) is 0 Å². The van der Waals surface area contributed by atoms with Crippen LogP contribution in [0.5, 0.6) is 5.75 Å². The number of ether oxygens (including phenoxy) is 1. The number of aromatic nitrogens is 1. The van der Waals surface area contributed by atoms with Crippen molar-refractivity contribution in [1.82, 2.24) is 19.7 Å². The molecule has 0 aliphatic carbocycles. The van der Waals surface area contributed by atoms with Gasteiger partial charge in [0.25, 0.3) is 0 Å². The van der Waals surface area contributed by atoms with Crippen molar-refractivity contribution in [3.63, 3.8) is 0 Å². The SMILES string of the molecule is CN=C(NCc1ccc(OCCCN(C)C)cc1)N(C)Cc1cccn1C. The van der Waals surface area contributed by atoms with Gasteiger partial charge < -0.3 is 24.4 Å². The number of nitrogens with zero attached hydrogens (tertiary/aromatic N) is 4. The van der Waals surface area contributed by atoms with Gasteiger partial charge in [-0.1, -0.05) is 12.1 Å². The number of benzene rings is 1. The first-order valence-corrected chi connectivity index (χ1v) is 9.38. The lowest BCUT2D eigenvalue weighted by atomic mass is 10.2. The zero-order chi connectivity index (χ0) is 19.6. The summed E-state index contributed by atoms with van der Waals surface area (Å²) >= 11 is 0. The zero-order valence-electron chi connectivity index (χ0n) is 17.3. The minimum Gasteiger partial charge on any atom is -0.494 e. The number of aliphatic imine (C=N–C) groups is 1. The normalized spacial score (nSPS) is 11.7. The lowest BCUT2D eigenvalue weighted by Gasteiger charge is -2.22. The summed E-state index contributed by atoms with van der Waals surface area (Å²) in [5, 5.41) is 3.42. The first-order valence-electron chi connectivity index (χ1n) is 9.38. The second-order valence-electron chi connectivity index (χ2n) is 7.02. The van der Waals surface area contributed by atoms with Gasteiger partial charge >= 0.3 is 0 Å². The van der Waals surface area contributed by atoms with Gasteiger partial charge in [-0.25, -0.2) is 0 Å². The van der Waals surface area contributed by atoms with Gasteiger partial charge in [0.1, 0.15) is 5.75 Å². The Kier molecular flexibility index (Phi) is 8.20. The minimum atomic E-state index is 0.727. The van der Waals surface area contributed by atoms with Crippen LogP contribution in [-0.2, 0) is 20.1 Å². The van der Waals surface area contributed by atoms with E-state index in [4.69, 9.17) is 4.74 Å². The number of rotatable bonds is 9. The molecule has 0 radical (unpaired) electrons. The van der Waals surface area contributed by atoms with Crippen molar-refractivity contribution in [2.45, 2.75) is 19.5 Å². The molecule has 1 N–H and O–H groups in total. The molecule has 0 saturated carbocycles. The Balaban J connectivity index is 1.79. The van der Waals surface area contributed by atoms with Gasteiger partial charge in [0.05, 0.1) is 13.2 Å². The highest BCUT2D eigenvalue weighted by atomic mass is 16.5. The van der Waals surface area contributed by atoms with E-state index in [1.807, 2.05) is 26.2 Å². The number of hydrogen-bond acceptors (Lipinski definition) is 3. The van der Waals surface area contributed by atoms with Crippen LogP contribution in [0.2, 0.25) is 0 Å². The molecule has 148 valence electrons. The highest BCUT2D eigenvalue weighted by Crippen LogP contribution is 2.12. The number of guanidine groups is 1. The van der Waals surface area contributed by atoms with Gasteiger partial charge in [-0.2, -0.15) is 0 Å². The van der Waals surface area contributed by atoms with Crippen LogP contribution in [0.15, 0.2) is 47.6 Å². The largest absolute Gasteiger partial charge is 0.494 e.